The fourth-order valence-corrected chi connectivity index (χ4v) is 7.72. The van der Waals surface area contributed by atoms with Crippen LogP contribution in [-0.4, -0.2) is 42.5 Å². The lowest BCUT2D eigenvalue weighted by Gasteiger charge is -2.31. The molecule has 0 radical (unpaired) electrons. The molecule has 0 spiro atoms. The summed E-state index contributed by atoms with van der Waals surface area (Å²) in [6.45, 7) is 9.09. The predicted molar refractivity (Wildman–Crippen MR) is 160 cm³/mol. The van der Waals surface area contributed by atoms with E-state index in [0.717, 1.165) is 39.7 Å². The topological polar surface area (TPSA) is 83.8 Å². The summed E-state index contributed by atoms with van der Waals surface area (Å²) in [5.74, 6) is -0.467. The van der Waals surface area contributed by atoms with Crippen molar-refractivity contribution in [2.45, 2.75) is 52.0 Å². The van der Waals surface area contributed by atoms with E-state index in [1.165, 1.54) is 15.4 Å². The van der Waals surface area contributed by atoms with Crippen molar-refractivity contribution >= 4 is 33.0 Å². The van der Waals surface area contributed by atoms with Crippen LogP contribution in [0.1, 0.15) is 46.2 Å². The molecular weight excluding hydrogens is 520 g/mol. The smallest absolute Gasteiger partial charge is 0.243 e. The first-order valence-electron chi connectivity index (χ1n) is 13.7. The van der Waals surface area contributed by atoms with Crippen LogP contribution in [0.25, 0.3) is 10.9 Å². The van der Waals surface area contributed by atoms with Crippen molar-refractivity contribution in [3.05, 3.63) is 100 Å². The summed E-state index contributed by atoms with van der Waals surface area (Å²) in [6.07, 6.45) is 4.66. The molecule has 1 aliphatic rings. The molecule has 1 N–H and O–H groups in total. The molecule has 0 aliphatic carbocycles. The molecule has 0 bridgehead atoms. The van der Waals surface area contributed by atoms with Crippen LogP contribution in [0.3, 0.4) is 0 Å². The Bertz CT molecular complexity index is 1670. The molecule has 1 amide bonds. The molecule has 8 heteroatoms. The van der Waals surface area contributed by atoms with Gasteiger partial charge in [-0.25, -0.2) is 13.8 Å². The average Bonchev–Trinajstić information content (AvgIpc) is 3.25. The van der Waals surface area contributed by atoms with Crippen LogP contribution in [0.15, 0.2) is 76.9 Å². The van der Waals surface area contributed by atoms with Crippen LogP contribution < -0.4 is 5.43 Å². The zero-order valence-corrected chi connectivity index (χ0v) is 24.3. The number of fused-ring (bicyclic) bond motifs is 1. The Morgan fingerprint density at radius 1 is 0.950 bits per heavy atom. The summed E-state index contributed by atoms with van der Waals surface area (Å²) in [7, 11) is -3.62. The number of carbonyl (C=O) groups excluding carboxylic acids is 1. The second-order valence-electron chi connectivity index (χ2n) is 10.9. The number of carbonyl (C=O) groups is 1. The minimum Gasteiger partial charge on any atom is -0.342 e. The van der Waals surface area contributed by atoms with Gasteiger partial charge in [0.25, 0.3) is 0 Å². The molecule has 2 heterocycles. The van der Waals surface area contributed by atoms with Crippen molar-refractivity contribution in [2.75, 3.05) is 13.1 Å². The van der Waals surface area contributed by atoms with Gasteiger partial charge >= 0.3 is 0 Å². The van der Waals surface area contributed by atoms with Crippen molar-refractivity contribution in [1.82, 2.24) is 14.3 Å². The molecule has 1 aromatic heterocycles. The molecule has 208 valence electrons. The highest BCUT2D eigenvalue weighted by molar-refractivity contribution is 7.89. The summed E-state index contributed by atoms with van der Waals surface area (Å²) in [4.78, 5) is 13.3. The van der Waals surface area contributed by atoms with Crippen molar-refractivity contribution in [1.29, 1.82) is 0 Å². The van der Waals surface area contributed by atoms with Gasteiger partial charge in [0, 0.05) is 48.2 Å². The Morgan fingerprint density at radius 2 is 1.65 bits per heavy atom. The highest BCUT2D eigenvalue weighted by Crippen LogP contribution is 2.29. The molecule has 0 unspecified atom stereocenters. The first-order chi connectivity index (χ1) is 19.1. The molecule has 3 aromatic carbocycles. The highest BCUT2D eigenvalue weighted by atomic mass is 32.2. The van der Waals surface area contributed by atoms with Crippen LogP contribution in [0.5, 0.6) is 0 Å². The zero-order valence-electron chi connectivity index (χ0n) is 23.5. The van der Waals surface area contributed by atoms with Crippen LogP contribution in [0.4, 0.5) is 0 Å². The van der Waals surface area contributed by atoms with Gasteiger partial charge in [0.15, 0.2) is 0 Å². The summed E-state index contributed by atoms with van der Waals surface area (Å²) in [6, 6.07) is 20.4. The second kappa shape index (κ2) is 11.4. The van der Waals surface area contributed by atoms with Crippen LogP contribution in [-0.2, 0) is 21.4 Å². The number of piperidine rings is 1. The second-order valence-corrected chi connectivity index (χ2v) is 12.7. The van der Waals surface area contributed by atoms with Crippen molar-refractivity contribution in [3.8, 4) is 0 Å². The Hall–Kier alpha value is -3.75. The summed E-state index contributed by atoms with van der Waals surface area (Å²) in [5.41, 5.74) is 9.72. The van der Waals surface area contributed by atoms with E-state index >= 15 is 0 Å². The number of hydrogen-bond acceptors (Lipinski definition) is 4. The van der Waals surface area contributed by atoms with Gasteiger partial charge in [-0.3, -0.25) is 4.79 Å². The van der Waals surface area contributed by atoms with E-state index < -0.39 is 10.0 Å². The number of hydrogen-bond donors (Lipinski definition) is 1. The summed E-state index contributed by atoms with van der Waals surface area (Å²) in [5, 5.41) is 5.34. The van der Waals surface area contributed by atoms with E-state index in [4.69, 9.17) is 0 Å². The van der Waals surface area contributed by atoms with Gasteiger partial charge in [-0.2, -0.15) is 9.41 Å². The minimum absolute atomic E-state index is 0.181. The first-order valence-corrected chi connectivity index (χ1v) is 15.1. The third-order valence-corrected chi connectivity index (χ3v) is 9.87. The fraction of sp³-hybridized carbons (Fsp3) is 0.312. The van der Waals surface area contributed by atoms with Crippen LogP contribution in [0, 0.1) is 33.6 Å². The molecule has 1 aliphatic heterocycles. The van der Waals surface area contributed by atoms with E-state index in [0.29, 0.717) is 30.8 Å². The Balaban J connectivity index is 1.23. The number of aryl methyl sites for hydroxylation is 4. The van der Waals surface area contributed by atoms with Gasteiger partial charge in [-0.1, -0.05) is 65.7 Å². The quantitative estimate of drug-likeness (QED) is 0.242. The number of nitrogens with zero attached hydrogens (tertiary/aromatic N) is 3. The van der Waals surface area contributed by atoms with E-state index in [1.54, 1.807) is 6.21 Å². The SMILES string of the molecule is Cc1cccc(Cn2cc(C=NNC(=O)C3CCN(S(=O)(=O)c4c(C)cc(C)cc4C)CC3)c3ccccc32)c1. The number of rotatable bonds is 7. The maximum atomic E-state index is 13.4. The van der Waals surface area contributed by atoms with E-state index in [-0.39, 0.29) is 11.8 Å². The Labute approximate surface area is 236 Å². The maximum absolute atomic E-state index is 13.4. The van der Waals surface area contributed by atoms with Gasteiger partial charge in [-0.15, -0.1) is 0 Å². The molecule has 4 aromatic rings. The zero-order chi connectivity index (χ0) is 28.4. The number of sulfonamides is 1. The summed E-state index contributed by atoms with van der Waals surface area (Å²) < 4.78 is 30.5. The first kappa shape index (κ1) is 27.8. The lowest BCUT2D eigenvalue weighted by molar-refractivity contribution is -0.126. The number of para-hydroxylation sites is 1. The van der Waals surface area contributed by atoms with Gasteiger partial charge in [0.1, 0.15) is 0 Å². The molecule has 5 rings (SSSR count). The fourth-order valence-electron chi connectivity index (χ4n) is 5.83. The monoisotopic (exact) mass is 556 g/mol. The predicted octanol–water partition coefficient (Wildman–Crippen LogP) is 5.47. The van der Waals surface area contributed by atoms with E-state index in [2.05, 4.69) is 64.6 Å². The number of nitrogens with one attached hydrogen (secondary N) is 1. The highest BCUT2D eigenvalue weighted by Gasteiger charge is 2.33. The maximum Gasteiger partial charge on any atom is 0.243 e. The normalized spacial score (nSPS) is 15.2. The number of benzene rings is 3. The van der Waals surface area contributed by atoms with Crippen molar-refractivity contribution in [2.24, 2.45) is 11.0 Å². The molecule has 7 nitrogen and oxygen atoms in total. The average molecular weight is 557 g/mol. The van der Waals surface area contributed by atoms with Gasteiger partial charge in [-0.05, 0) is 63.3 Å². The third-order valence-electron chi connectivity index (χ3n) is 7.66. The number of amides is 1. The molecular formula is C32H36N4O3S. The van der Waals surface area contributed by atoms with E-state index in [9.17, 15) is 13.2 Å². The lowest BCUT2D eigenvalue weighted by Crippen LogP contribution is -2.42. The Kier molecular flexibility index (Phi) is 7.92. The molecule has 0 atom stereocenters. The van der Waals surface area contributed by atoms with Gasteiger partial charge < -0.3 is 4.57 Å². The standard InChI is InChI=1S/C32H36N4O3S/c1-22-8-7-9-26(18-22)20-35-21-28(29-10-5-6-11-30(29)35)19-33-34-32(37)27-12-14-36(15-13-27)40(38,39)31-24(3)16-23(2)17-25(31)4/h5-11,16-19,21,27H,12-15,20H2,1-4H3,(H,34,37). The molecule has 1 saturated heterocycles. The van der Waals surface area contributed by atoms with Crippen LogP contribution in [0.2, 0.25) is 0 Å². The van der Waals surface area contributed by atoms with Crippen LogP contribution >= 0.6 is 0 Å². The van der Waals surface area contributed by atoms with Gasteiger partial charge in [0.2, 0.25) is 15.9 Å². The molecule has 1 fully saturated rings. The van der Waals surface area contributed by atoms with Crippen molar-refractivity contribution in [3.63, 3.8) is 0 Å². The Morgan fingerprint density at radius 3 is 2.35 bits per heavy atom. The van der Waals surface area contributed by atoms with Gasteiger partial charge in [0.05, 0.1) is 11.1 Å². The van der Waals surface area contributed by atoms with E-state index in [1.807, 2.05) is 45.0 Å². The molecule has 40 heavy (non-hydrogen) atoms. The molecule has 0 saturated carbocycles. The number of aromatic nitrogens is 1. The van der Waals surface area contributed by atoms with Crippen molar-refractivity contribution < 1.29 is 13.2 Å². The largest absolute Gasteiger partial charge is 0.342 e. The summed E-state index contributed by atoms with van der Waals surface area (Å²) >= 11 is 0. The lowest BCUT2D eigenvalue weighted by atomic mass is 9.98. The third kappa shape index (κ3) is 5.74. The minimum atomic E-state index is -3.62. The number of hydrazone groups is 1.